The average Bonchev–Trinajstić information content (AvgIpc) is 2.16. The molecular formula is C11H12ClIO2. The number of hydrogen-bond donors (Lipinski definition) is 0. The van der Waals surface area contributed by atoms with E-state index in [2.05, 4.69) is 28.7 Å². The summed E-state index contributed by atoms with van der Waals surface area (Å²) >= 11 is 8.28. The Morgan fingerprint density at radius 2 is 2.33 bits per heavy atom. The molecule has 1 heterocycles. The predicted molar refractivity (Wildman–Crippen MR) is 68.8 cm³/mol. The lowest BCUT2D eigenvalue weighted by molar-refractivity contribution is -0.150. The van der Waals surface area contributed by atoms with Gasteiger partial charge in [0.1, 0.15) is 6.10 Å². The Hall–Kier alpha value is 0.160. The maximum Gasteiger partial charge on any atom is 0.105 e. The van der Waals surface area contributed by atoms with Crippen molar-refractivity contribution in [1.29, 1.82) is 0 Å². The Morgan fingerprint density at radius 3 is 2.87 bits per heavy atom. The van der Waals surface area contributed by atoms with Crippen LogP contribution in [0, 0.1) is 0 Å². The first kappa shape index (κ1) is 11.6. The second-order valence-corrected chi connectivity index (χ2v) is 4.81. The Kier molecular flexibility index (Phi) is 4.25. The van der Waals surface area contributed by atoms with E-state index in [0.29, 0.717) is 13.2 Å². The van der Waals surface area contributed by atoms with Crippen LogP contribution in [0.2, 0.25) is 5.02 Å². The molecule has 2 nitrogen and oxygen atoms in total. The van der Waals surface area contributed by atoms with Crippen molar-refractivity contribution in [1.82, 2.24) is 0 Å². The lowest BCUT2D eigenvalue weighted by atomic mass is 10.1. The van der Waals surface area contributed by atoms with Gasteiger partial charge < -0.3 is 9.47 Å². The van der Waals surface area contributed by atoms with Crippen molar-refractivity contribution in [2.24, 2.45) is 0 Å². The molecule has 0 aliphatic carbocycles. The summed E-state index contributed by atoms with van der Waals surface area (Å²) in [4.78, 5) is 0. The van der Waals surface area contributed by atoms with Crippen molar-refractivity contribution in [2.75, 3.05) is 17.6 Å². The van der Waals surface area contributed by atoms with Gasteiger partial charge in [-0.15, -0.1) is 0 Å². The fraction of sp³-hybridized carbons (Fsp3) is 0.455. The Bertz CT molecular complexity index is 328. The zero-order valence-electron chi connectivity index (χ0n) is 8.16. The van der Waals surface area contributed by atoms with Crippen LogP contribution in [0.25, 0.3) is 0 Å². The topological polar surface area (TPSA) is 18.5 Å². The molecule has 1 saturated heterocycles. The van der Waals surface area contributed by atoms with E-state index >= 15 is 0 Å². The summed E-state index contributed by atoms with van der Waals surface area (Å²) in [6.07, 6.45) is 0.377. The van der Waals surface area contributed by atoms with E-state index in [1.54, 1.807) is 0 Å². The minimum absolute atomic E-state index is 0.123. The van der Waals surface area contributed by atoms with Gasteiger partial charge in [0, 0.05) is 9.45 Å². The third-order valence-electron chi connectivity index (χ3n) is 2.32. The lowest BCUT2D eigenvalue weighted by Crippen LogP contribution is -2.37. The molecule has 1 atom stereocenters. The quantitative estimate of drug-likeness (QED) is 0.620. The van der Waals surface area contributed by atoms with Crippen LogP contribution in [0.15, 0.2) is 24.3 Å². The van der Waals surface area contributed by atoms with E-state index in [-0.39, 0.29) is 12.2 Å². The van der Waals surface area contributed by atoms with Crippen LogP contribution in [0.5, 0.6) is 0 Å². The summed E-state index contributed by atoms with van der Waals surface area (Å²) in [5, 5.41) is 0.760. The molecular weight excluding hydrogens is 326 g/mol. The summed E-state index contributed by atoms with van der Waals surface area (Å²) in [6.45, 7) is 1.43. The zero-order chi connectivity index (χ0) is 10.7. The molecule has 0 bridgehead atoms. The summed E-state index contributed by atoms with van der Waals surface area (Å²) in [5.74, 6) is 0. The third-order valence-corrected chi connectivity index (χ3v) is 3.36. The van der Waals surface area contributed by atoms with Crippen molar-refractivity contribution in [2.45, 2.75) is 12.2 Å². The highest BCUT2D eigenvalue weighted by Gasteiger charge is 2.23. The number of halogens is 2. The first-order chi connectivity index (χ1) is 7.29. The van der Waals surface area contributed by atoms with Crippen LogP contribution >= 0.6 is 34.2 Å². The average molecular weight is 339 g/mol. The van der Waals surface area contributed by atoms with Gasteiger partial charge >= 0.3 is 0 Å². The van der Waals surface area contributed by atoms with Gasteiger partial charge in [0.05, 0.1) is 19.3 Å². The number of alkyl halides is 1. The number of rotatable bonds is 4. The minimum Gasteiger partial charge on any atom is -0.376 e. The highest BCUT2D eigenvalue weighted by Crippen LogP contribution is 2.25. The molecule has 82 valence electrons. The first-order valence-corrected chi connectivity index (χ1v) is 6.74. The highest BCUT2D eigenvalue weighted by atomic mass is 127. The molecule has 0 aromatic heterocycles. The van der Waals surface area contributed by atoms with E-state index in [9.17, 15) is 0 Å². The summed E-state index contributed by atoms with van der Waals surface area (Å²) < 4.78 is 11.9. The van der Waals surface area contributed by atoms with Gasteiger partial charge in [-0.3, -0.25) is 0 Å². The van der Waals surface area contributed by atoms with E-state index in [1.807, 2.05) is 18.2 Å². The Morgan fingerprint density at radius 1 is 1.53 bits per heavy atom. The van der Waals surface area contributed by atoms with Gasteiger partial charge in [-0.05, 0) is 17.7 Å². The van der Waals surface area contributed by atoms with E-state index in [0.717, 1.165) is 15.0 Å². The minimum atomic E-state index is 0.123. The Labute approximate surface area is 108 Å². The van der Waals surface area contributed by atoms with Crippen molar-refractivity contribution in [3.8, 4) is 0 Å². The molecule has 15 heavy (non-hydrogen) atoms. The largest absolute Gasteiger partial charge is 0.376 e. The number of hydrogen-bond acceptors (Lipinski definition) is 2. The molecule has 1 aliphatic heterocycles. The van der Waals surface area contributed by atoms with Crippen LogP contribution in [-0.2, 0) is 9.47 Å². The van der Waals surface area contributed by atoms with Crippen molar-refractivity contribution >= 4 is 34.2 Å². The zero-order valence-corrected chi connectivity index (χ0v) is 11.1. The smallest absolute Gasteiger partial charge is 0.105 e. The third kappa shape index (κ3) is 3.06. The molecule has 0 saturated carbocycles. The van der Waals surface area contributed by atoms with E-state index < -0.39 is 0 Å². The molecule has 1 aromatic rings. The molecule has 1 aliphatic rings. The Balaban J connectivity index is 2.04. The highest BCUT2D eigenvalue weighted by molar-refractivity contribution is 14.1. The molecule has 1 aromatic carbocycles. The SMILES string of the molecule is Clc1cccc(C(CI)OC2COC2)c1. The van der Waals surface area contributed by atoms with Gasteiger partial charge in [0.15, 0.2) is 0 Å². The maximum absolute atomic E-state index is 5.95. The molecule has 1 fully saturated rings. The fourth-order valence-corrected chi connectivity index (χ4v) is 2.35. The lowest BCUT2D eigenvalue weighted by Gasteiger charge is -2.30. The summed E-state index contributed by atoms with van der Waals surface area (Å²) in [5.41, 5.74) is 1.14. The van der Waals surface area contributed by atoms with Crippen LogP contribution in [0.4, 0.5) is 0 Å². The second kappa shape index (κ2) is 5.48. The van der Waals surface area contributed by atoms with Crippen molar-refractivity contribution in [3.05, 3.63) is 34.9 Å². The molecule has 0 spiro atoms. The standard InChI is InChI=1S/C11H12ClIO2/c12-9-3-1-2-8(4-9)11(5-13)15-10-6-14-7-10/h1-4,10-11H,5-7H2. The van der Waals surface area contributed by atoms with Crippen molar-refractivity contribution < 1.29 is 9.47 Å². The molecule has 0 N–H and O–H groups in total. The summed E-state index contributed by atoms with van der Waals surface area (Å²) in [6, 6.07) is 7.85. The number of benzene rings is 1. The first-order valence-electron chi connectivity index (χ1n) is 4.84. The number of ether oxygens (including phenoxy) is 2. The van der Waals surface area contributed by atoms with Crippen LogP contribution in [-0.4, -0.2) is 23.7 Å². The molecule has 4 heteroatoms. The predicted octanol–water partition coefficient (Wildman–Crippen LogP) is 3.23. The van der Waals surface area contributed by atoms with E-state index in [4.69, 9.17) is 21.1 Å². The van der Waals surface area contributed by atoms with Gasteiger partial charge in [0.25, 0.3) is 0 Å². The van der Waals surface area contributed by atoms with Crippen molar-refractivity contribution in [3.63, 3.8) is 0 Å². The fourth-order valence-electron chi connectivity index (χ4n) is 1.44. The molecule has 1 unspecified atom stereocenters. The van der Waals surface area contributed by atoms with Gasteiger partial charge in [-0.2, -0.15) is 0 Å². The summed E-state index contributed by atoms with van der Waals surface area (Å²) in [7, 11) is 0. The van der Waals surface area contributed by atoms with Crippen LogP contribution in [0.3, 0.4) is 0 Å². The van der Waals surface area contributed by atoms with Crippen LogP contribution < -0.4 is 0 Å². The van der Waals surface area contributed by atoms with Gasteiger partial charge in [0.2, 0.25) is 0 Å². The normalized spacial score (nSPS) is 18.5. The van der Waals surface area contributed by atoms with Gasteiger partial charge in [-0.25, -0.2) is 0 Å². The van der Waals surface area contributed by atoms with Gasteiger partial charge in [-0.1, -0.05) is 46.3 Å². The van der Waals surface area contributed by atoms with E-state index in [1.165, 1.54) is 0 Å². The molecule has 0 amide bonds. The monoisotopic (exact) mass is 338 g/mol. The second-order valence-electron chi connectivity index (χ2n) is 3.49. The molecule has 2 rings (SSSR count). The maximum atomic E-state index is 5.95. The molecule has 0 radical (unpaired) electrons. The van der Waals surface area contributed by atoms with Crippen LogP contribution in [0.1, 0.15) is 11.7 Å².